The lowest BCUT2D eigenvalue weighted by molar-refractivity contribution is -0.126. The van der Waals surface area contributed by atoms with Gasteiger partial charge in [-0.1, -0.05) is 13.8 Å². The van der Waals surface area contributed by atoms with E-state index in [1.807, 2.05) is 18.7 Å². The van der Waals surface area contributed by atoms with Crippen LogP contribution in [0.2, 0.25) is 0 Å². The van der Waals surface area contributed by atoms with E-state index >= 15 is 0 Å². The minimum atomic E-state index is 0.0422. The molecule has 1 aliphatic rings. The van der Waals surface area contributed by atoms with Crippen molar-refractivity contribution in [3.8, 4) is 0 Å². The molecule has 0 bridgehead atoms. The van der Waals surface area contributed by atoms with Gasteiger partial charge >= 0.3 is 0 Å². The Morgan fingerprint density at radius 2 is 2.25 bits per heavy atom. The van der Waals surface area contributed by atoms with Crippen molar-refractivity contribution in [1.29, 1.82) is 0 Å². The summed E-state index contributed by atoms with van der Waals surface area (Å²) in [5, 5.41) is 3.79. The van der Waals surface area contributed by atoms with Gasteiger partial charge in [0.15, 0.2) is 0 Å². The maximum absolute atomic E-state index is 11.5. The second-order valence-corrected chi connectivity index (χ2v) is 5.78. The van der Waals surface area contributed by atoms with Crippen LogP contribution in [0.25, 0.3) is 0 Å². The largest absolute Gasteiger partial charge is 0.372 e. The zero-order chi connectivity index (χ0) is 11.8. The lowest BCUT2D eigenvalue weighted by Crippen LogP contribution is -2.35. The summed E-state index contributed by atoms with van der Waals surface area (Å²) >= 11 is 2.01. The standard InChI is InChI=1S/C12H23NO2S/c1-3-7-15-9-12(14)13-10-5-6-11(8-10)16-4-2/h10-11H,3-9H2,1-2H3,(H,13,14). The maximum atomic E-state index is 11.5. The molecule has 1 fully saturated rings. The SMILES string of the molecule is CCCOCC(=O)NC1CCC(SCC)C1. The Bertz CT molecular complexity index is 211. The lowest BCUT2D eigenvalue weighted by Gasteiger charge is -2.13. The summed E-state index contributed by atoms with van der Waals surface area (Å²) in [6, 6.07) is 0.377. The monoisotopic (exact) mass is 245 g/mol. The van der Waals surface area contributed by atoms with Gasteiger partial charge in [0.2, 0.25) is 5.91 Å². The average molecular weight is 245 g/mol. The van der Waals surface area contributed by atoms with Crippen LogP contribution in [-0.2, 0) is 9.53 Å². The number of hydrogen-bond donors (Lipinski definition) is 1. The molecule has 4 heteroatoms. The molecule has 0 saturated heterocycles. The van der Waals surface area contributed by atoms with Crippen LogP contribution in [0.4, 0.5) is 0 Å². The lowest BCUT2D eigenvalue weighted by atomic mass is 10.2. The zero-order valence-electron chi connectivity index (χ0n) is 10.3. The van der Waals surface area contributed by atoms with Crippen LogP contribution in [0.3, 0.4) is 0 Å². The number of hydrogen-bond acceptors (Lipinski definition) is 3. The predicted octanol–water partition coefficient (Wildman–Crippen LogP) is 2.20. The molecule has 94 valence electrons. The van der Waals surface area contributed by atoms with Crippen LogP contribution in [-0.4, -0.2) is 36.2 Å². The summed E-state index contributed by atoms with van der Waals surface area (Å²) in [7, 11) is 0. The first-order valence-corrected chi connectivity index (χ1v) is 7.29. The highest BCUT2D eigenvalue weighted by atomic mass is 32.2. The van der Waals surface area contributed by atoms with E-state index in [9.17, 15) is 4.79 Å². The summed E-state index contributed by atoms with van der Waals surface area (Å²) in [6.45, 7) is 5.12. The van der Waals surface area contributed by atoms with Crippen LogP contribution in [0.1, 0.15) is 39.5 Å². The summed E-state index contributed by atoms with van der Waals surface area (Å²) in [5.41, 5.74) is 0. The second kappa shape index (κ2) is 7.96. The highest BCUT2D eigenvalue weighted by Crippen LogP contribution is 2.29. The second-order valence-electron chi connectivity index (χ2n) is 4.21. The van der Waals surface area contributed by atoms with Crippen LogP contribution in [0.15, 0.2) is 0 Å². The Morgan fingerprint density at radius 1 is 1.44 bits per heavy atom. The first kappa shape index (κ1) is 13.8. The van der Waals surface area contributed by atoms with Gasteiger partial charge in [0.05, 0.1) is 0 Å². The Kier molecular flexibility index (Phi) is 6.88. The third-order valence-corrected chi connectivity index (χ3v) is 3.97. The molecule has 0 aliphatic heterocycles. The van der Waals surface area contributed by atoms with Crippen molar-refractivity contribution >= 4 is 17.7 Å². The molecule has 3 nitrogen and oxygen atoms in total. The molecule has 1 amide bonds. The minimum absolute atomic E-state index is 0.0422. The van der Waals surface area contributed by atoms with Crippen molar-refractivity contribution in [3.63, 3.8) is 0 Å². The normalized spacial score (nSPS) is 24.6. The van der Waals surface area contributed by atoms with Crippen molar-refractivity contribution in [3.05, 3.63) is 0 Å². The van der Waals surface area contributed by atoms with Gasteiger partial charge in [-0.25, -0.2) is 0 Å². The molecule has 16 heavy (non-hydrogen) atoms. The molecule has 0 radical (unpaired) electrons. The third-order valence-electron chi connectivity index (χ3n) is 2.73. The molecule has 2 unspecified atom stereocenters. The van der Waals surface area contributed by atoms with Crippen molar-refractivity contribution < 1.29 is 9.53 Å². The summed E-state index contributed by atoms with van der Waals surface area (Å²) in [6.07, 6.45) is 4.44. The summed E-state index contributed by atoms with van der Waals surface area (Å²) in [5.74, 6) is 1.21. The number of carbonyl (C=O) groups is 1. The van der Waals surface area contributed by atoms with Crippen LogP contribution >= 0.6 is 11.8 Å². The van der Waals surface area contributed by atoms with Gasteiger partial charge in [-0.2, -0.15) is 11.8 Å². The van der Waals surface area contributed by atoms with E-state index in [2.05, 4.69) is 12.2 Å². The van der Waals surface area contributed by atoms with Gasteiger partial charge in [-0.3, -0.25) is 4.79 Å². The van der Waals surface area contributed by atoms with Crippen LogP contribution < -0.4 is 5.32 Å². The van der Waals surface area contributed by atoms with E-state index in [0.29, 0.717) is 12.6 Å². The molecule has 0 heterocycles. The van der Waals surface area contributed by atoms with Gasteiger partial charge < -0.3 is 10.1 Å². The first-order valence-electron chi connectivity index (χ1n) is 6.25. The molecule has 0 aromatic heterocycles. The van der Waals surface area contributed by atoms with E-state index in [0.717, 1.165) is 24.5 Å². The van der Waals surface area contributed by atoms with Crippen molar-refractivity contribution in [2.45, 2.75) is 50.8 Å². The molecule has 1 saturated carbocycles. The molecule has 1 N–H and O–H groups in total. The number of rotatable bonds is 7. The molecule has 0 spiro atoms. The smallest absolute Gasteiger partial charge is 0.246 e. The molecular weight excluding hydrogens is 222 g/mol. The molecule has 0 aromatic carbocycles. The number of ether oxygens (including phenoxy) is 1. The van der Waals surface area contributed by atoms with Crippen molar-refractivity contribution in [2.75, 3.05) is 19.0 Å². The van der Waals surface area contributed by atoms with Gasteiger partial charge in [0, 0.05) is 17.9 Å². The fourth-order valence-corrected chi connectivity index (χ4v) is 3.18. The Morgan fingerprint density at radius 3 is 2.94 bits per heavy atom. The van der Waals surface area contributed by atoms with E-state index in [4.69, 9.17) is 4.74 Å². The van der Waals surface area contributed by atoms with Gasteiger partial charge in [-0.05, 0) is 31.4 Å². The van der Waals surface area contributed by atoms with E-state index in [-0.39, 0.29) is 12.5 Å². The number of thioether (sulfide) groups is 1. The van der Waals surface area contributed by atoms with E-state index in [1.165, 1.54) is 12.2 Å². The number of nitrogens with one attached hydrogen (secondary N) is 1. The molecule has 1 aliphatic carbocycles. The molecular formula is C12H23NO2S. The average Bonchev–Trinajstić information content (AvgIpc) is 2.66. The predicted molar refractivity (Wildman–Crippen MR) is 68.8 cm³/mol. The Hall–Kier alpha value is -0.220. The zero-order valence-corrected chi connectivity index (χ0v) is 11.1. The van der Waals surface area contributed by atoms with Crippen LogP contribution in [0.5, 0.6) is 0 Å². The van der Waals surface area contributed by atoms with E-state index < -0.39 is 0 Å². The Labute approximate surface area is 103 Å². The summed E-state index contributed by atoms with van der Waals surface area (Å²) < 4.78 is 5.21. The summed E-state index contributed by atoms with van der Waals surface area (Å²) in [4.78, 5) is 11.5. The highest BCUT2D eigenvalue weighted by Gasteiger charge is 2.25. The highest BCUT2D eigenvalue weighted by molar-refractivity contribution is 7.99. The van der Waals surface area contributed by atoms with E-state index in [1.54, 1.807) is 0 Å². The molecule has 1 rings (SSSR count). The first-order chi connectivity index (χ1) is 7.76. The maximum Gasteiger partial charge on any atom is 0.246 e. The fraction of sp³-hybridized carbons (Fsp3) is 0.917. The third kappa shape index (κ3) is 5.21. The van der Waals surface area contributed by atoms with Gasteiger partial charge in [-0.15, -0.1) is 0 Å². The minimum Gasteiger partial charge on any atom is -0.372 e. The van der Waals surface area contributed by atoms with Crippen molar-refractivity contribution in [1.82, 2.24) is 5.32 Å². The van der Waals surface area contributed by atoms with Crippen molar-refractivity contribution in [2.24, 2.45) is 0 Å². The topological polar surface area (TPSA) is 38.3 Å². The quantitative estimate of drug-likeness (QED) is 0.699. The fourth-order valence-electron chi connectivity index (χ4n) is 2.04. The van der Waals surface area contributed by atoms with Gasteiger partial charge in [0.25, 0.3) is 0 Å². The number of carbonyl (C=O) groups excluding carboxylic acids is 1. The molecule has 2 atom stereocenters. The van der Waals surface area contributed by atoms with Crippen LogP contribution in [0, 0.1) is 0 Å². The molecule has 0 aromatic rings. The number of amides is 1. The Balaban J connectivity index is 2.11. The van der Waals surface area contributed by atoms with Gasteiger partial charge in [0.1, 0.15) is 6.61 Å².